The van der Waals surface area contributed by atoms with Crippen molar-refractivity contribution in [2.75, 3.05) is 12.5 Å². The van der Waals surface area contributed by atoms with Crippen molar-refractivity contribution in [3.8, 4) is 11.5 Å². The van der Waals surface area contributed by atoms with E-state index < -0.39 is 0 Å². The van der Waals surface area contributed by atoms with Gasteiger partial charge in [0, 0.05) is 15.6 Å². The zero-order chi connectivity index (χ0) is 21.8. The number of hydrogen-bond donors (Lipinski definition) is 2. The Morgan fingerprint density at radius 3 is 2.68 bits per heavy atom. The van der Waals surface area contributed by atoms with Crippen LogP contribution in [0, 0.1) is 0 Å². The molecule has 0 radical (unpaired) electrons. The van der Waals surface area contributed by atoms with Gasteiger partial charge in [0.2, 0.25) is 5.95 Å². The van der Waals surface area contributed by atoms with E-state index >= 15 is 0 Å². The number of nitrogens with one attached hydrogen (secondary N) is 2. The number of H-pyrrole nitrogens is 1. The number of anilines is 1. The maximum atomic E-state index is 6.43. The van der Waals surface area contributed by atoms with Gasteiger partial charge in [-0.3, -0.25) is 0 Å². The number of para-hydroxylation sites is 2. The molecule has 1 heterocycles. The van der Waals surface area contributed by atoms with E-state index in [-0.39, 0.29) is 6.61 Å². The minimum Gasteiger partial charge on any atom is -0.493 e. The SMILES string of the molecule is COc1cc(/C=N\Nc2nc3ccccc3[nH]2)cc(Cl)c1OCc1ccc(Cl)cc1Cl. The predicted molar refractivity (Wildman–Crippen MR) is 126 cm³/mol. The average Bonchev–Trinajstić information content (AvgIpc) is 3.16. The molecule has 0 saturated carbocycles. The van der Waals surface area contributed by atoms with Crippen molar-refractivity contribution in [1.29, 1.82) is 0 Å². The zero-order valence-electron chi connectivity index (χ0n) is 16.3. The Hall–Kier alpha value is -2.93. The molecule has 158 valence electrons. The van der Waals surface area contributed by atoms with Crippen LogP contribution in [0.5, 0.6) is 11.5 Å². The van der Waals surface area contributed by atoms with Crippen LogP contribution in [0.3, 0.4) is 0 Å². The molecule has 31 heavy (non-hydrogen) atoms. The standard InChI is InChI=1S/C22H17Cl3N4O2/c1-30-20-9-13(11-26-29-22-27-18-4-2-3-5-19(18)28-22)8-17(25)21(20)31-12-14-6-7-15(23)10-16(14)24/h2-11H,12H2,1H3,(H2,27,28,29)/b26-11-. The van der Waals surface area contributed by atoms with Crippen LogP contribution in [0.15, 0.2) is 59.7 Å². The van der Waals surface area contributed by atoms with Gasteiger partial charge in [0.1, 0.15) is 6.61 Å². The molecule has 4 rings (SSSR count). The van der Waals surface area contributed by atoms with Crippen LogP contribution in [-0.2, 0) is 6.61 Å². The van der Waals surface area contributed by atoms with Gasteiger partial charge in [0.25, 0.3) is 0 Å². The number of methoxy groups -OCH3 is 1. The van der Waals surface area contributed by atoms with Crippen LogP contribution in [0.25, 0.3) is 11.0 Å². The number of aromatic amines is 1. The second kappa shape index (κ2) is 9.47. The van der Waals surface area contributed by atoms with Gasteiger partial charge < -0.3 is 14.5 Å². The number of benzene rings is 3. The van der Waals surface area contributed by atoms with Crippen molar-refractivity contribution in [3.05, 3.63) is 80.8 Å². The van der Waals surface area contributed by atoms with Gasteiger partial charge in [-0.1, -0.05) is 53.0 Å². The molecule has 6 nitrogen and oxygen atoms in total. The molecule has 0 amide bonds. The summed E-state index contributed by atoms with van der Waals surface area (Å²) in [5, 5.41) is 5.67. The first-order valence-corrected chi connectivity index (χ1v) is 10.3. The molecule has 0 unspecified atom stereocenters. The summed E-state index contributed by atoms with van der Waals surface area (Å²) in [7, 11) is 1.54. The van der Waals surface area contributed by atoms with E-state index in [4.69, 9.17) is 44.3 Å². The number of nitrogens with zero attached hydrogens (tertiary/aromatic N) is 2. The first-order valence-electron chi connectivity index (χ1n) is 9.21. The summed E-state index contributed by atoms with van der Waals surface area (Å²) in [4.78, 5) is 7.54. The van der Waals surface area contributed by atoms with Crippen molar-refractivity contribution < 1.29 is 9.47 Å². The summed E-state index contributed by atoms with van der Waals surface area (Å²) in [6.45, 7) is 0.215. The maximum Gasteiger partial charge on any atom is 0.222 e. The molecule has 3 aromatic carbocycles. The van der Waals surface area contributed by atoms with E-state index in [9.17, 15) is 0 Å². The fourth-order valence-electron chi connectivity index (χ4n) is 2.92. The summed E-state index contributed by atoms with van der Waals surface area (Å²) in [5.41, 5.74) is 6.16. The molecular weight excluding hydrogens is 459 g/mol. The number of hydrazone groups is 1. The van der Waals surface area contributed by atoms with Crippen LogP contribution >= 0.6 is 34.8 Å². The van der Waals surface area contributed by atoms with Gasteiger partial charge >= 0.3 is 0 Å². The average molecular weight is 476 g/mol. The number of halogens is 3. The molecule has 0 aliphatic heterocycles. The maximum absolute atomic E-state index is 6.43. The third-order valence-corrected chi connectivity index (χ3v) is 5.28. The van der Waals surface area contributed by atoms with Crippen molar-refractivity contribution in [3.63, 3.8) is 0 Å². The quantitative estimate of drug-likeness (QED) is 0.235. The smallest absolute Gasteiger partial charge is 0.222 e. The minimum absolute atomic E-state index is 0.215. The lowest BCUT2D eigenvalue weighted by Crippen LogP contribution is -2.00. The van der Waals surface area contributed by atoms with Gasteiger partial charge in [-0.2, -0.15) is 5.10 Å². The number of hydrogen-bond acceptors (Lipinski definition) is 5. The molecule has 0 fully saturated rings. The number of ether oxygens (including phenoxy) is 2. The summed E-state index contributed by atoms with van der Waals surface area (Å²) in [6.07, 6.45) is 1.61. The number of imidazole rings is 1. The third-order valence-electron chi connectivity index (χ3n) is 4.41. The predicted octanol–water partition coefficient (Wildman–Crippen LogP) is 6.56. The van der Waals surface area contributed by atoms with Crippen molar-refractivity contribution in [1.82, 2.24) is 9.97 Å². The normalized spacial score (nSPS) is 11.2. The topological polar surface area (TPSA) is 71.5 Å². The molecular formula is C22H17Cl3N4O2. The zero-order valence-corrected chi connectivity index (χ0v) is 18.6. The highest BCUT2D eigenvalue weighted by atomic mass is 35.5. The van der Waals surface area contributed by atoms with Crippen LogP contribution in [0.4, 0.5) is 5.95 Å². The highest BCUT2D eigenvalue weighted by Gasteiger charge is 2.13. The largest absolute Gasteiger partial charge is 0.493 e. The van der Waals surface area contributed by atoms with Crippen molar-refractivity contribution in [2.45, 2.75) is 6.61 Å². The lowest BCUT2D eigenvalue weighted by molar-refractivity contribution is 0.285. The Bertz CT molecular complexity index is 1220. The summed E-state index contributed by atoms with van der Waals surface area (Å²) < 4.78 is 11.3. The molecule has 0 aliphatic rings. The molecule has 1 aromatic heterocycles. The number of rotatable bonds is 7. The Morgan fingerprint density at radius 1 is 1.06 bits per heavy atom. The van der Waals surface area contributed by atoms with Crippen molar-refractivity contribution in [2.24, 2.45) is 5.10 Å². The van der Waals surface area contributed by atoms with Gasteiger partial charge in [-0.15, -0.1) is 0 Å². The molecule has 0 aliphatic carbocycles. The lowest BCUT2D eigenvalue weighted by Gasteiger charge is -2.14. The van der Waals surface area contributed by atoms with E-state index in [2.05, 4.69) is 20.5 Å². The monoisotopic (exact) mass is 474 g/mol. The molecule has 2 N–H and O–H groups in total. The third kappa shape index (κ3) is 5.05. The fraction of sp³-hybridized carbons (Fsp3) is 0.0909. The highest BCUT2D eigenvalue weighted by Crippen LogP contribution is 2.37. The van der Waals surface area contributed by atoms with E-state index in [0.29, 0.717) is 32.5 Å². The van der Waals surface area contributed by atoms with E-state index in [1.165, 1.54) is 0 Å². The fourth-order valence-corrected chi connectivity index (χ4v) is 3.65. The lowest BCUT2D eigenvalue weighted by atomic mass is 10.2. The number of fused-ring (bicyclic) bond motifs is 1. The van der Waals surface area contributed by atoms with Gasteiger partial charge in [-0.25, -0.2) is 10.4 Å². The van der Waals surface area contributed by atoms with Crippen LogP contribution < -0.4 is 14.9 Å². The van der Waals surface area contributed by atoms with Gasteiger partial charge in [0.15, 0.2) is 11.5 Å². The van der Waals surface area contributed by atoms with Crippen LogP contribution in [0.1, 0.15) is 11.1 Å². The van der Waals surface area contributed by atoms with Crippen LogP contribution in [0.2, 0.25) is 15.1 Å². The molecule has 0 saturated heterocycles. The second-order valence-corrected chi connectivity index (χ2v) is 7.78. The first-order chi connectivity index (χ1) is 15.0. The minimum atomic E-state index is 0.215. The highest BCUT2D eigenvalue weighted by molar-refractivity contribution is 6.35. The molecule has 0 atom stereocenters. The Balaban J connectivity index is 1.48. The molecule has 0 bridgehead atoms. The van der Waals surface area contributed by atoms with E-state index in [1.807, 2.05) is 24.3 Å². The van der Waals surface area contributed by atoms with E-state index in [1.54, 1.807) is 43.7 Å². The number of aromatic nitrogens is 2. The summed E-state index contributed by atoms with van der Waals surface area (Å²) >= 11 is 18.6. The van der Waals surface area contributed by atoms with Gasteiger partial charge in [-0.05, 0) is 42.0 Å². The molecule has 0 spiro atoms. The summed E-state index contributed by atoms with van der Waals surface area (Å²) in [6, 6.07) is 16.4. The first kappa shape index (κ1) is 21.3. The molecule has 9 heteroatoms. The van der Waals surface area contributed by atoms with Crippen molar-refractivity contribution >= 4 is 58.0 Å². The van der Waals surface area contributed by atoms with E-state index in [0.717, 1.165) is 22.2 Å². The molecule has 4 aromatic rings. The Labute approximate surface area is 193 Å². The van der Waals surface area contributed by atoms with Gasteiger partial charge in [0.05, 0.1) is 29.4 Å². The second-order valence-electron chi connectivity index (χ2n) is 6.53. The van der Waals surface area contributed by atoms with Crippen LogP contribution in [-0.4, -0.2) is 23.3 Å². The Kier molecular flexibility index (Phi) is 6.51. The Morgan fingerprint density at radius 2 is 1.90 bits per heavy atom. The summed E-state index contributed by atoms with van der Waals surface area (Å²) in [5.74, 6) is 1.43.